The standard InChI is InChI=1S/C24H26ClN3O5S2/c1-14-5-19(8-15-3-2-4-18(25)7-15)34-24(14)23(30)20-11-27-13-28-21(20)9-16-6-17(22(29)10-16)12-33-35(26,31)32/h2-5,7,11,13,16-17,22,29H,6,8-10,12H2,1H3,(H2,26,31,32)/t16-,17+,22-/m0/s1. The Labute approximate surface area is 213 Å². The zero-order valence-electron chi connectivity index (χ0n) is 19.1. The van der Waals surface area contributed by atoms with E-state index in [1.165, 1.54) is 23.9 Å². The highest BCUT2D eigenvalue weighted by Gasteiger charge is 2.35. The first kappa shape index (κ1) is 25.9. The lowest BCUT2D eigenvalue weighted by Gasteiger charge is -2.13. The van der Waals surface area contributed by atoms with Gasteiger partial charge in [-0.15, -0.1) is 11.3 Å². The van der Waals surface area contributed by atoms with Crippen molar-refractivity contribution < 1.29 is 22.5 Å². The largest absolute Gasteiger partial charge is 0.393 e. The summed E-state index contributed by atoms with van der Waals surface area (Å²) in [6.07, 6.45) is 4.37. The van der Waals surface area contributed by atoms with Crippen LogP contribution in [0, 0.1) is 18.8 Å². The van der Waals surface area contributed by atoms with Crippen LogP contribution in [0.25, 0.3) is 0 Å². The predicted octanol–water partition coefficient (Wildman–Crippen LogP) is 3.47. The lowest BCUT2D eigenvalue weighted by Crippen LogP contribution is -2.24. The van der Waals surface area contributed by atoms with Gasteiger partial charge >= 0.3 is 10.3 Å². The second-order valence-electron chi connectivity index (χ2n) is 8.89. The summed E-state index contributed by atoms with van der Waals surface area (Å²) in [6.45, 7) is 1.74. The van der Waals surface area contributed by atoms with Crippen molar-refractivity contribution >= 4 is 39.0 Å². The summed E-state index contributed by atoms with van der Waals surface area (Å²) in [6, 6.07) is 9.67. The maximum Gasteiger partial charge on any atom is 0.333 e. The lowest BCUT2D eigenvalue weighted by atomic mass is 9.96. The third kappa shape index (κ3) is 6.72. The lowest BCUT2D eigenvalue weighted by molar-refractivity contribution is 0.100. The van der Waals surface area contributed by atoms with Crippen molar-refractivity contribution in [2.24, 2.45) is 17.0 Å². The molecule has 3 atom stereocenters. The number of nitrogens with zero attached hydrogens (tertiary/aromatic N) is 2. The van der Waals surface area contributed by atoms with E-state index in [2.05, 4.69) is 14.2 Å². The summed E-state index contributed by atoms with van der Waals surface area (Å²) in [5.74, 6) is -0.468. The number of carbonyl (C=O) groups excluding carboxylic acids is 1. The monoisotopic (exact) mass is 535 g/mol. The fourth-order valence-electron chi connectivity index (χ4n) is 4.56. The smallest absolute Gasteiger partial charge is 0.333 e. The van der Waals surface area contributed by atoms with E-state index < -0.39 is 16.4 Å². The number of carbonyl (C=O) groups is 1. The fraction of sp³-hybridized carbons (Fsp3) is 0.375. The maximum absolute atomic E-state index is 13.5. The molecule has 4 rings (SSSR count). The predicted molar refractivity (Wildman–Crippen MR) is 134 cm³/mol. The zero-order valence-corrected chi connectivity index (χ0v) is 21.4. The molecule has 3 aromatic rings. The van der Waals surface area contributed by atoms with Crippen LogP contribution < -0.4 is 5.14 Å². The molecule has 2 heterocycles. The summed E-state index contributed by atoms with van der Waals surface area (Å²) in [5.41, 5.74) is 3.01. The molecular weight excluding hydrogens is 510 g/mol. The molecule has 2 aromatic heterocycles. The number of aliphatic hydroxyl groups is 1. The Kier molecular flexibility index (Phi) is 7.99. The second-order valence-corrected chi connectivity index (χ2v) is 11.7. The van der Waals surface area contributed by atoms with Gasteiger partial charge in [-0.25, -0.2) is 15.1 Å². The molecular formula is C24H26ClN3O5S2. The van der Waals surface area contributed by atoms with Crippen molar-refractivity contribution in [1.29, 1.82) is 0 Å². The van der Waals surface area contributed by atoms with Gasteiger partial charge in [0.05, 0.1) is 28.8 Å². The Morgan fingerprint density at radius 3 is 2.86 bits per heavy atom. The number of aliphatic hydroxyl groups excluding tert-OH is 1. The molecule has 1 aromatic carbocycles. The second kappa shape index (κ2) is 10.8. The molecule has 1 aliphatic carbocycles. The number of hydrogen-bond acceptors (Lipinski definition) is 8. The van der Waals surface area contributed by atoms with Gasteiger partial charge in [0, 0.05) is 28.4 Å². The van der Waals surface area contributed by atoms with Crippen LogP contribution in [0.4, 0.5) is 0 Å². The molecule has 186 valence electrons. The highest BCUT2D eigenvalue weighted by Crippen LogP contribution is 2.35. The van der Waals surface area contributed by atoms with Gasteiger partial charge in [-0.05, 0) is 61.4 Å². The number of aromatic nitrogens is 2. The summed E-state index contributed by atoms with van der Waals surface area (Å²) < 4.78 is 26.8. The van der Waals surface area contributed by atoms with Crippen molar-refractivity contribution in [3.05, 3.63) is 80.0 Å². The molecule has 11 heteroatoms. The van der Waals surface area contributed by atoms with Gasteiger partial charge in [0.2, 0.25) is 5.78 Å². The summed E-state index contributed by atoms with van der Waals surface area (Å²) in [5, 5.41) is 15.9. The Balaban J connectivity index is 1.48. The third-order valence-electron chi connectivity index (χ3n) is 6.17. The van der Waals surface area contributed by atoms with Crippen molar-refractivity contribution in [1.82, 2.24) is 9.97 Å². The van der Waals surface area contributed by atoms with Crippen LogP contribution in [0.5, 0.6) is 0 Å². The average molecular weight is 536 g/mol. The van der Waals surface area contributed by atoms with E-state index in [1.807, 2.05) is 37.3 Å². The number of rotatable bonds is 9. The minimum absolute atomic E-state index is 0.0170. The van der Waals surface area contributed by atoms with Crippen LogP contribution in [0.2, 0.25) is 5.02 Å². The quantitative estimate of drug-likeness (QED) is 0.401. The molecule has 0 spiro atoms. The molecule has 0 unspecified atom stereocenters. The van der Waals surface area contributed by atoms with Crippen molar-refractivity contribution in [2.75, 3.05) is 6.61 Å². The molecule has 1 saturated carbocycles. The normalized spacial score (nSPS) is 20.3. The third-order valence-corrected chi connectivity index (χ3v) is 8.10. The van der Waals surface area contributed by atoms with Gasteiger partial charge in [0.15, 0.2) is 0 Å². The van der Waals surface area contributed by atoms with Gasteiger partial charge < -0.3 is 5.11 Å². The maximum atomic E-state index is 13.5. The number of hydrogen-bond donors (Lipinski definition) is 2. The Bertz CT molecular complexity index is 1330. The van der Waals surface area contributed by atoms with E-state index >= 15 is 0 Å². The van der Waals surface area contributed by atoms with Crippen LogP contribution in [0.3, 0.4) is 0 Å². The van der Waals surface area contributed by atoms with Gasteiger partial charge in [-0.1, -0.05) is 23.7 Å². The van der Waals surface area contributed by atoms with Gasteiger partial charge in [0.25, 0.3) is 0 Å². The zero-order chi connectivity index (χ0) is 25.2. The molecule has 0 saturated heterocycles. The molecule has 35 heavy (non-hydrogen) atoms. The van der Waals surface area contributed by atoms with Crippen LogP contribution in [-0.4, -0.2) is 42.0 Å². The fourth-order valence-corrected chi connectivity index (χ4v) is 6.29. The van der Waals surface area contributed by atoms with Crippen molar-refractivity contribution in [3.63, 3.8) is 0 Å². The Morgan fingerprint density at radius 2 is 2.11 bits per heavy atom. The minimum Gasteiger partial charge on any atom is -0.393 e. The minimum atomic E-state index is -4.07. The first-order valence-electron chi connectivity index (χ1n) is 11.1. The molecule has 0 bridgehead atoms. The van der Waals surface area contributed by atoms with E-state index in [0.29, 0.717) is 46.8 Å². The molecule has 0 amide bonds. The van der Waals surface area contributed by atoms with Crippen LogP contribution >= 0.6 is 22.9 Å². The number of thiophene rings is 1. The number of ketones is 1. The SMILES string of the molecule is Cc1cc(Cc2cccc(Cl)c2)sc1C(=O)c1cncnc1C[C@@H]1C[C@H](COS(N)(=O)=O)[C@@H](O)C1. The first-order valence-corrected chi connectivity index (χ1v) is 13.8. The van der Waals surface area contributed by atoms with Crippen LogP contribution in [0.1, 0.15) is 49.8 Å². The topological polar surface area (TPSA) is 132 Å². The van der Waals surface area contributed by atoms with E-state index in [4.69, 9.17) is 16.7 Å². The van der Waals surface area contributed by atoms with Crippen LogP contribution in [0.15, 0.2) is 42.9 Å². The number of benzene rings is 1. The highest BCUT2D eigenvalue weighted by atomic mass is 35.5. The Morgan fingerprint density at radius 1 is 1.31 bits per heavy atom. The molecule has 8 nitrogen and oxygen atoms in total. The van der Waals surface area contributed by atoms with Gasteiger partial charge in [-0.3, -0.25) is 8.98 Å². The van der Waals surface area contributed by atoms with Crippen molar-refractivity contribution in [2.45, 2.75) is 38.7 Å². The highest BCUT2D eigenvalue weighted by molar-refractivity contribution is 7.84. The van der Waals surface area contributed by atoms with E-state index in [9.17, 15) is 18.3 Å². The summed E-state index contributed by atoms with van der Waals surface area (Å²) in [4.78, 5) is 23.6. The van der Waals surface area contributed by atoms with E-state index in [0.717, 1.165) is 16.0 Å². The summed E-state index contributed by atoms with van der Waals surface area (Å²) >= 11 is 7.55. The number of nitrogens with two attached hydrogens (primary N) is 1. The molecule has 0 radical (unpaired) electrons. The molecule has 3 N–H and O–H groups in total. The molecule has 1 fully saturated rings. The Hall–Kier alpha value is -2.21. The van der Waals surface area contributed by atoms with Crippen LogP contribution in [-0.2, 0) is 27.3 Å². The number of halogens is 1. The molecule has 1 aliphatic rings. The van der Waals surface area contributed by atoms with Gasteiger partial charge in [0.1, 0.15) is 6.33 Å². The average Bonchev–Trinajstić information content (AvgIpc) is 3.33. The molecule has 0 aliphatic heterocycles. The van der Waals surface area contributed by atoms with E-state index in [1.54, 1.807) is 0 Å². The summed E-state index contributed by atoms with van der Waals surface area (Å²) in [7, 11) is -4.07. The van der Waals surface area contributed by atoms with Crippen molar-refractivity contribution in [3.8, 4) is 0 Å². The first-order chi connectivity index (χ1) is 16.6. The van der Waals surface area contributed by atoms with E-state index in [-0.39, 0.29) is 24.2 Å². The number of aryl methyl sites for hydroxylation is 1. The van der Waals surface area contributed by atoms with Gasteiger partial charge in [-0.2, -0.15) is 8.42 Å².